The van der Waals surface area contributed by atoms with Crippen LogP contribution in [0.4, 0.5) is 22.0 Å². The van der Waals surface area contributed by atoms with Gasteiger partial charge in [0.25, 0.3) is 12.3 Å². The Morgan fingerprint density at radius 3 is 1.70 bits per heavy atom. The maximum absolute atomic E-state index is 11.8. The van der Waals surface area contributed by atoms with Gasteiger partial charge in [-0.25, -0.2) is 22.0 Å². The van der Waals surface area contributed by atoms with Gasteiger partial charge in [0, 0.05) is 13.3 Å². The second kappa shape index (κ2) is 3.16. The second-order valence-electron chi connectivity index (χ2n) is 1.91. The maximum atomic E-state index is 11.8. The summed E-state index contributed by atoms with van der Waals surface area (Å²) in [6.45, 7) is 2.19. The Bertz CT molecular complexity index is 94.7. The summed E-state index contributed by atoms with van der Waals surface area (Å²) in [6.07, 6.45) is -7.66. The molecule has 61 valence electrons. The minimum absolute atomic E-state index is 1.52. The van der Waals surface area contributed by atoms with E-state index in [1.807, 2.05) is 0 Å². The number of hydrogen-bond donors (Lipinski definition) is 0. The van der Waals surface area contributed by atoms with Gasteiger partial charge >= 0.3 is 0 Å². The molecule has 0 aromatic rings. The van der Waals surface area contributed by atoms with Gasteiger partial charge in [-0.1, -0.05) is 0 Å². The first-order chi connectivity index (χ1) is 4.33. The van der Waals surface area contributed by atoms with Crippen LogP contribution in [0, 0.1) is 6.92 Å². The lowest BCUT2D eigenvalue weighted by atomic mass is 10.2. The predicted molar refractivity (Wildman–Crippen MR) is 25.8 cm³/mol. The fourth-order valence-electron chi connectivity index (χ4n) is 0.374. The van der Waals surface area contributed by atoms with Gasteiger partial charge < -0.3 is 0 Å². The third kappa shape index (κ3) is 4.52. The van der Waals surface area contributed by atoms with Crippen molar-refractivity contribution in [3.05, 3.63) is 6.92 Å². The molecule has 0 amide bonds. The number of hydrogen-bond acceptors (Lipinski definition) is 0. The number of rotatable bonds is 3. The summed E-state index contributed by atoms with van der Waals surface area (Å²) in [5.41, 5.74) is 0. The van der Waals surface area contributed by atoms with Gasteiger partial charge in [-0.15, -0.1) is 0 Å². The van der Waals surface area contributed by atoms with Crippen molar-refractivity contribution in [2.45, 2.75) is 24.9 Å². The highest BCUT2D eigenvalue weighted by molar-refractivity contribution is 4.74. The van der Waals surface area contributed by atoms with E-state index in [-0.39, 0.29) is 0 Å². The van der Waals surface area contributed by atoms with Crippen LogP contribution in [-0.2, 0) is 0 Å². The Morgan fingerprint density at radius 2 is 1.60 bits per heavy atom. The molecule has 10 heavy (non-hydrogen) atoms. The van der Waals surface area contributed by atoms with Crippen molar-refractivity contribution in [2.75, 3.05) is 0 Å². The zero-order valence-electron chi connectivity index (χ0n) is 4.96. The lowest BCUT2D eigenvalue weighted by Gasteiger charge is -2.12. The summed E-state index contributed by atoms with van der Waals surface area (Å²) in [4.78, 5) is 0. The summed E-state index contributed by atoms with van der Waals surface area (Å²) >= 11 is 0. The molecule has 5 heteroatoms. The smallest absolute Gasteiger partial charge is 0.241 e. The van der Waals surface area contributed by atoms with E-state index < -0.39 is 24.9 Å². The van der Waals surface area contributed by atoms with E-state index in [1.54, 1.807) is 0 Å². The second-order valence-corrected chi connectivity index (χ2v) is 1.91. The average molecular weight is 161 g/mol. The highest BCUT2D eigenvalue weighted by atomic mass is 19.3. The van der Waals surface area contributed by atoms with Gasteiger partial charge in [0.05, 0.1) is 0 Å². The van der Waals surface area contributed by atoms with Crippen LogP contribution in [0.25, 0.3) is 0 Å². The fourth-order valence-corrected chi connectivity index (χ4v) is 0.374. The summed E-state index contributed by atoms with van der Waals surface area (Å²) in [5.74, 6) is -3.60. The molecule has 1 unspecified atom stereocenters. The van der Waals surface area contributed by atoms with Crippen LogP contribution < -0.4 is 0 Å². The van der Waals surface area contributed by atoms with Crippen LogP contribution >= 0.6 is 0 Å². The Kier molecular flexibility index (Phi) is 3.05. The lowest BCUT2D eigenvalue weighted by Crippen LogP contribution is -2.23. The SMILES string of the molecule is [CH2]C(F)(F)CC(F)C(F)F. The predicted octanol–water partition coefficient (Wildman–Crippen LogP) is 2.45. The molecule has 0 saturated carbocycles. The normalized spacial score (nSPS) is 15.9. The molecule has 0 N–H and O–H groups in total. The molecule has 0 fully saturated rings. The number of alkyl halides is 5. The van der Waals surface area contributed by atoms with Crippen molar-refractivity contribution in [1.82, 2.24) is 0 Å². The van der Waals surface area contributed by atoms with E-state index in [4.69, 9.17) is 0 Å². The molecular weight excluding hydrogens is 155 g/mol. The molecule has 0 aromatic carbocycles. The first kappa shape index (κ1) is 9.65. The highest BCUT2D eigenvalue weighted by Gasteiger charge is 2.31. The standard InChI is InChI=1S/C5H6F5/c1-5(9,10)2-3(6)4(7)8/h3-4H,1-2H2. The zero-order valence-corrected chi connectivity index (χ0v) is 4.96. The van der Waals surface area contributed by atoms with Gasteiger partial charge in [0.15, 0.2) is 6.17 Å². The molecule has 0 aliphatic rings. The van der Waals surface area contributed by atoms with E-state index in [1.165, 1.54) is 0 Å². The van der Waals surface area contributed by atoms with Crippen molar-refractivity contribution in [1.29, 1.82) is 0 Å². The highest BCUT2D eigenvalue weighted by Crippen LogP contribution is 2.23. The quantitative estimate of drug-likeness (QED) is 0.557. The van der Waals surface area contributed by atoms with Gasteiger partial charge in [-0.3, -0.25) is 0 Å². The third-order valence-electron chi connectivity index (χ3n) is 0.767. The van der Waals surface area contributed by atoms with Crippen molar-refractivity contribution >= 4 is 0 Å². The monoisotopic (exact) mass is 161 g/mol. The van der Waals surface area contributed by atoms with Gasteiger partial charge in [0.2, 0.25) is 0 Å². The molecule has 0 aliphatic carbocycles. The van der Waals surface area contributed by atoms with Gasteiger partial charge in [-0.2, -0.15) is 0 Å². The number of halogens is 5. The Balaban J connectivity index is 3.68. The molecular formula is C5H6F5. The molecule has 0 bridgehead atoms. The van der Waals surface area contributed by atoms with Crippen LogP contribution in [0.2, 0.25) is 0 Å². The third-order valence-corrected chi connectivity index (χ3v) is 0.767. The Morgan fingerprint density at radius 1 is 1.20 bits per heavy atom. The first-order valence-corrected chi connectivity index (χ1v) is 2.48. The zero-order chi connectivity index (χ0) is 8.36. The Hall–Kier alpha value is -0.350. The molecule has 0 aliphatic heterocycles. The molecule has 0 saturated heterocycles. The summed E-state index contributed by atoms with van der Waals surface area (Å²) < 4.78 is 57.5. The minimum Gasteiger partial charge on any atom is -0.241 e. The average Bonchev–Trinajstić information content (AvgIpc) is 1.60. The molecule has 0 spiro atoms. The first-order valence-electron chi connectivity index (χ1n) is 2.48. The van der Waals surface area contributed by atoms with Gasteiger partial charge in [0.1, 0.15) is 0 Å². The lowest BCUT2D eigenvalue weighted by molar-refractivity contribution is -0.0313. The molecule has 0 heterocycles. The topological polar surface area (TPSA) is 0 Å². The molecule has 0 aromatic heterocycles. The van der Waals surface area contributed by atoms with E-state index in [2.05, 4.69) is 6.92 Å². The molecule has 1 atom stereocenters. The fraction of sp³-hybridized carbons (Fsp3) is 0.800. The van der Waals surface area contributed by atoms with E-state index >= 15 is 0 Å². The van der Waals surface area contributed by atoms with E-state index in [0.717, 1.165) is 0 Å². The van der Waals surface area contributed by atoms with E-state index in [0.29, 0.717) is 0 Å². The van der Waals surface area contributed by atoms with Crippen molar-refractivity contribution in [3.8, 4) is 0 Å². The molecule has 0 nitrogen and oxygen atoms in total. The van der Waals surface area contributed by atoms with Gasteiger partial charge in [-0.05, 0) is 0 Å². The van der Waals surface area contributed by atoms with Crippen LogP contribution in [0.15, 0.2) is 0 Å². The molecule has 1 radical (unpaired) electrons. The van der Waals surface area contributed by atoms with Crippen molar-refractivity contribution in [3.63, 3.8) is 0 Å². The maximum Gasteiger partial charge on any atom is 0.269 e. The molecule has 0 rings (SSSR count). The summed E-state index contributed by atoms with van der Waals surface area (Å²) in [6, 6.07) is 0. The summed E-state index contributed by atoms with van der Waals surface area (Å²) in [7, 11) is 0. The van der Waals surface area contributed by atoms with Crippen LogP contribution in [0.1, 0.15) is 6.42 Å². The van der Waals surface area contributed by atoms with Crippen molar-refractivity contribution in [2.24, 2.45) is 0 Å². The van der Waals surface area contributed by atoms with Crippen molar-refractivity contribution < 1.29 is 22.0 Å². The van der Waals surface area contributed by atoms with E-state index in [9.17, 15) is 22.0 Å². The Labute approximate surface area is 55.0 Å². The minimum atomic E-state index is -3.60. The summed E-state index contributed by atoms with van der Waals surface area (Å²) in [5, 5.41) is 0. The van der Waals surface area contributed by atoms with Crippen LogP contribution in [0.3, 0.4) is 0 Å². The van der Waals surface area contributed by atoms with Crippen LogP contribution in [-0.4, -0.2) is 18.5 Å². The van der Waals surface area contributed by atoms with Crippen LogP contribution in [0.5, 0.6) is 0 Å². The largest absolute Gasteiger partial charge is 0.269 e.